The van der Waals surface area contributed by atoms with Crippen LogP contribution in [0.25, 0.3) is 0 Å². The zero-order chi connectivity index (χ0) is 22.4. The first-order chi connectivity index (χ1) is 14.8. The van der Waals surface area contributed by atoms with Crippen LogP contribution in [-0.2, 0) is 4.79 Å². The van der Waals surface area contributed by atoms with Crippen LogP contribution in [0.15, 0.2) is 30.3 Å². The SMILES string of the molecule is O=C(NCCNC(=O)c1ccc(Cl)s1)c1ccc(OC2CCC(C(=O)O)CC2)c(F)c1. The Morgan fingerprint density at radius 3 is 2.32 bits per heavy atom. The van der Waals surface area contributed by atoms with Crippen LogP contribution in [0.1, 0.15) is 45.7 Å². The lowest BCUT2D eigenvalue weighted by molar-refractivity contribution is -0.143. The number of rotatable bonds is 8. The smallest absolute Gasteiger partial charge is 0.306 e. The summed E-state index contributed by atoms with van der Waals surface area (Å²) in [6.07, 6.45) is 1.84. The predicted molar refractivity (Wildman–Crippen MR) is 114 cm³/mol. The van der Waals surface area contributed by atoms with Gasteiger partial charge in [-0.3, -0.25) is 14.4 Å². The molecule has 1 heterocycles. The summed E-state index contributed by atoms with van der Waals surface area (Å²) < 4.78 is 20.6. The Labute approximate surface area is 187 Å². The molecule has 1 fully saturated rings. The minimum absolute atomic E-state index is 0.0391. The molecule has 2 amide bonds. The molecule has 3 N–H and O–H groups in total. The van der Waals surface area contributed by atoms with Crippen molar-refractivity contribution in [1.82, 2.24) is 10.6 Å². The van der Waals surface area contributed by atoms with E-state index in [1.807, 2.05) is 0 Å². The number of carboxylic acid groups (broad SMARTS) is 1. The lowest BCUT2D eigenvalue weighted by Gasteiger charge is -2.27. The molecule has 1 aliphatic rings. The summed E-state index contributed by atoms with van der Waals surface area (Å²) in [6, 6.07) is 7.20. The topological polar surface area (TPSA) is 105 Å². The second kappa shape index (κ2) is 10.6. The molecule has 31 heavy (non-hydrogen) atoms. The molecule has 0 unspecified atom stereocenters. The Balaban J connectivity index is 1.44. The van der Waals surface area contributed by atoms with E-state index in [0.29, 0.717) is 34.9 Å². The number of hydrogen-bond acceptors (Lipinski definition) is 5. The highest BCUT2D eigenvalue weighted by atomic mass is 35.5. The first-order valence-electron chi connectivity index (χ1n) is 9.84. The number of hydrogen-bond donors (Lipinski definition) is 3. The van der Waals surface area contributed by atoms with Crippen molar-refractivity contribution in [2.75, 3.05) is 13.1 Å². The number of amides is 2. The molecule has 7 nitrogen and oxygen atoms in total. The second-order valence-electron chi connectivity index (χ2n) is 7.19. The molecule has 166 valence electrons. The second-order valence-corrected chi connectivity index (χ2v) is 8.91. The summed E-state index contributed by atoms with van der Waals surface area (Å²) in [7, 11) is 0. The van der Waals surface area contributed by atoms with Crippen LogP contribution in [0.4, 0.5) is 4.39 Å². The summed E-state index contributed by atoms with van der Waals surface area (Å²) in [4.78, 5) is 35.6. The molecule has 1 aromatic carbocycles. The zero-order valence-corrected chi connectivity index (χ0v) is 18.1. The minimum atomic E-state index is -0.810. The Morgan fingerprint density at radius 2 is 1.74 bits per heavy atom. The number of ether oxygens (including phenoxy) is 1. The van der Waals surface area contributed by atoms with Crippen LogP contribution in [0.5, 0.6) is 5.75 Å². The highest BCUT2D eigenvalue weighted by molar-refractivity contribution is 7.17. The molecule has 0 saturated heterocycles. The maximum Gasteiger partial charge on any atom is 0.306 e. The van der Waals surface area contributed by atoms with Gasteiger partial charge in [-0.05, 0) is 56.0 Å². The molecule has 0 spiro atoms. The van der Waals surface area contributed by atoms with E-state index in [2.05, 4.69) is 10.6 Å². The molecule has 1 aliphatic carbocycles. The molecule has 0 radical (unpaired) electrons. The average Bonchev–Trinajstić information content (AvgIpc) is 3.19. The quantitative estimate of drug-likeness (QED) is 0.512. The van der Waals surface area contributed by atoms with Crippen molar-refractivity contribution in [3.8, 4) is 5.75 Å². The third-order valence-corrected chi connectivity index (χ3v) is 6.23. The van der Waals surface area contributed by atoms with E-state index >= 15 is 0 Å². The van der Waals surface area contributed by atoms with E-state index in [-0.39, 0.29) is 42.3 Å². The van der Waals surface area contributed by atoms with Crippen LogP contribution in [0, 0.1) is 11.7 Å². The first kappa shape index (κ1) is 23.0. The number of thiophene rings is 1. The molecular weight excluding hydrogens is 447 g/mol. The summed E-state index contributed by atoms with van der Waals surface area (Å²) >= 11 is 6.95. The molecule has 0 aliphatic heterocycles. The van der Waals surface area contributed by atoms with E-state index in [0.717, 1.165) is 17.4 Å². The average molecular weight is 469 g/mol. The Bertz CT molecular complexity index is 959. The standard InChI is InChI=1S/C21H22ClFN2O5S/c22-18-8-7-17(31-18)20(27)25-10-9-24-19(26)13-3-6-16(15(23)11-13)30-14-4-1-12(2-5-14)21(28)29/h3,6-8,11-12,14H,1-2,4-5,9-10H2,(H,24,26)(H,25,27)(H,28,29). The summed E-state index contributed by atoms with van der Waals surface area (Å²) in [5.41, 5.74) is 0.135. The van der Waals surface area contributed by atoms with Gasteiger partial charge in [0.05, 0.1) is 21.2 Å². The fourth-order valence-corrected chi connectivity index (χ4v) is 4.28. The van der Waals surface area contributed by atoms with Crippen LogP contribution in [0.3, 0.4) is 0 Å². The van der Waals surface area contributed by atoms with Gasteiger partial charge in [-0.15, -0.1) is 11.3 Å². The van der Waals surface area contributed by atoms with Crippen molar-refractivity contribution in [3.63, 3.8) is 0 Å². The third-order valence-electron chi connectivity index (χ3n) is 5.00. The molecular formula is C21H22ClFN2O5S. The van der Waals surface area contributed by atoms with Crippen LogP contribution in [-0.4, -0.2) is 42.1 Å². The van der Waals surface area contributed by atoms with Crippen molar-refractivity contribution in [3.05, 3.63) is 50.9 Å². The number of carbonyl (C=O) groups is 3. The molecule has 0 bridgehead atoms. The van der Waals surface area contributed by atoms with Gasteiger partial charge in [0, 0.05) is 18.7 Å². The van der Waals surface area contributed by atoms with Crippen molar-refractivity contribution in [2.45, 2.75) is 31.8 Å². The molecule has 10 heteroatoms. The van der Waals surface area contributed by atoms with Crippen LogP contribution in [0.2, 0.25) is 4.34 Å². The number of aliphatic carboxylic acids is 1. The minimum Gasteiger partial charge on any atom is -0.487 e. The van der Waals surface area contributed by atoms with Gasteiger partial charge in [0.2, 0.25) is 0 Å². The summed E-state index contributed by atoms with van der Waals surface area (Å²) in [6.45, 7) is 0.388. The fraction of sp³-hybridized carbons (Fsp3) is 0.381. The normalized spacial score (nSPS) is 18.3. The van der Waals surface area contributed by atoms with Crippen molar-refractivity contribution < 1.29 is 28.6 Å². The van der Waals surface area contributed by atoms with E-state index in [1.165, 1.54) is 12.1 Å². The van der Waals surface area contributed by atoms with Crippen molar-refractivity contribution in [2.24, 2.45) is 5.92 Å². The van der Waals surface area contributed by atoms with Gasteiger partial charge in [-0.2, -0.15) is 0 Å². The lowest BCUT2D eigenvalue weighted by Crippen LogP contribution is -2.34. The predicted octanol–water partition coefficient (Wildman–Crippen LogP) is 3.72. The van der Waals surface area contributed by atoms with E-state index in [1.54, 1.807) is 12.1 Å². The highest BCUT2D eigenvalue weighted by Gasteiger charge is 2.27. The largest absolute Gasteiger partial charge is 0.487 e. The van der Waals surface area contributed by atoms with Gasteiger partial charge in [0.15, 0.2) is 11.6 Å². The number of carboxylic acids is 1. The van der Waals surface area contributed by atoms with Gasteiger partial charge in [-0.1, -0.05) is 11.6 Å². The third kappa shape index (κ3) is 6.41. The van der Waals surface area contributed by atoms with E-state index in [4.69, 9.17) is 21.4 Å². The van der Waals surface area contributed by atoms with Gasteiger partial charge in [-0.25, -0.2) is 4.39 Å². The van der Waals surface area contributed by atoms with Crippen LogP contribution >= 0.6 is 22.9 Å². The Kier molecular flexibility index (Phi) is 7.86. The number of benzene rings is 1. The van der Waals surface area contributed by atoms with Gasteiger partial charge < -0.3 is 20.5 Å². The lowest BCUT2D eigenvalue weighted by atomic mass is 9.87. The maximum absolute atomic E-state index is 14.4. The number of carbonyl (C=O) groups excluding carboxylic acids is 2. The molecule has 1 aromatic heterocycles. The number of halogens is 2. The Morgan fingerprint density at radius 1 is 1.06 bits per heavy atom. The molecule has 3 rings (SSSR count). The molecule has 2 aromatic rings. The fourth-order valence-electron chi connectivity index (χ4n) is 3.32. The van der Waals surface area contributed by atoms with Crippen molar-refractivity contribution in [1.29, 1.82) is 0 Å². The van der Waals surface area contributed by atoms with Gasteiger partial charge in [0.1, 0.15) is 0 Å². The van der Waals surface area contributed by atoms with Crippen LogP contribution < -0.4 is 15.4 Å². The first-order valence-corrected chi connectivity index (χ1v) is 11.0. The monoisotopic (exact) mass is 468 g/mol. The Hall–Kier alpha value is -2.65. The van der Waals surface area contributed by atoms with Gasteiger partial charge in [0.25, 0.3) is 11.8 Å². The highest BCUT2D eigenvalue weighted by Crippen LogP contribution is 2.29. The number of nitrogens with one attached hydrogen (secondary N) is 2. The zero-order valence-electron chi connectivity index (χ0n) is 16.5. The van der Waals surface area contributed by atoms with E-state index in [9.17, 15) is 18.8 Å². The van der Waals surface area contributed by atoms with E-state index < -0.39 is 17.7 Å². The molecule has 0 atom stereocenters. The van der Waals surface area contributed by atoms with Gasteiger partial charge >= 0.3 is 5.97 Å². The molecule has 1 saturated carbocycles. The maximum atomic E-state index is 14.4. The van der Waals surface area contributed by atoms with Crippen molar-refractivity contribution >= 4 is 40.7 Å². The summed E-state index contributed by atoms with van der Waals surface area (Å²) in [5.74, 6) is -2.55. The summed E-state index contributed by atoms with van der Waals surface area (Å²) in [5, 5.41) is 14.3.